The first-order chi connectivity index (χ1) is 10.3. The minimum absolute atomic E-state index is 0.148. The van der Waals surface area contributed by atoms with Gasteiger partial charge in [0.15, 0.2) is 6.10 Å². The van der Waals surface area contributed by atoms with Crippen LogP contribution in [-0.4, -0.2) is 36.0 Å². The predicted molar refractivity (Wildman–Crippen MR) is 83.6 cm³/mol. The molecule has 2 unspecified atom stereocenters. The smallest absolute Gasteiger partial charge is 0.265 e. The first-order valence-electron chi connectivity index (χ1n) is 8.09. The zero-order chi connectivity index (χ0) is 14.7. The fourth-order valence-electron chi connectivity index (χ4n) is 3.36. The van der Waals surface area contributed by atoms with E-state index in [9.17, 15) is 4.79 Å². The van der Waals surface area contributed by atoms with E-state index in [2.05, 4.69) is 17.1 Å². The number of rotatable bonds is 3. The van der Waals surface area contributed by atoms with Crippen LogP contribution in [0.4, 0.5) is 5.69 Å². The number of nitrogens with zero attached hydrogens (tertiary/aromatic N) is 1. The molecule has 1 fully saturated rings. The third-order valence-electron chi connectivity index (χ3n) is 4.44. The number of hydrogen-bond acceptors (Lipinski definition) is 3. The summed E-state index contributed by atoms with van der Waals surface area (Å²) in [6, 6.07) is 8.21. The van der Waals surface area contributed by atoms with Gasteiger partial charge in [0.1, 0.15) is 5.75 Å². The average Bonchev–Trinajstić information content (AvgIpc) is 2.54. The topological polar surface area (TPSA) is 41.6 Å². The number of carbonyl (C=O) groups is 1. The Hall–Kier alpha value is -1.71. The maximum atomic E-state index is 12.8. The lowest BCUT2D eigenvalue weighted by molar-refractivity contribution is -0.142. The Balaban J connectivity index is 1.70. The number of anilines is 1. The summed E-state index contributed by atoms with van der Waals surface area (Å²) in [5.74, 6) is 0.932. The Bertz CT molecular complexity index is 501. The van der Waals surface area contributed by atoms with Crippen LogP contribution < -0.4 is 10.1 Å². The number of hydrogen-bond donors (Lipinski definition) is 1. The van der Waals surface area contributed by atoms with Crippen LogP contribution in [0.2, 0.25) is 0 Å². The van der Waals surface area contributed by atoms with Gasteiger partial charge in [0.2, 0.25) is 0 Å². The van der Waals surface area contributed by atoms with E-state index in [1.165, 1.54) is 6.42 Å². The molecule has 1 amide bonds. The third kappa shape index (κ3) is 2.99. The van der Waals surface area contributed by atoms with E-state index in [-0.39, 0.29) is 5.91 Å². The van der Waals surface area contributed by atoms with Gasteiger partial charge in [-0.15, -0.1) is 0 Å². The van der Waals surface area contributed by atoms with Gasteiger partial charge in [-0.3, -0.25) is 4.79 Å². The van der Waals surface area contributed by atoms with E-state index in [1.807, 2.05) is 24.3 Å². The van der Waals surface area contributed by atoms with Gasteiger partial charge in [-0.25, -0.2) is 0 Å². The van der Waals surface area contributed by atoms with Crippen molar-refractivity contribution < 1.29 is 9.53 Å². The van der Waals surface area contributed by atoms with Gasteiger partial charge in [0.25, 0.3) is 5.91 Å². The van der Waals surface area contributed by atoms with Crippen LogP contribution in [-0.2, 0) is 4.79 Å². The molecule has 2 atom stereocenters. The molecular formula is C17H24N2O2. The van der Waals surface area contributed by atoms with Crippen LogP contribution in [0.5, 0.6) is 5.75 Å². The van der Waals surface area contributed by atoms with E-state index >= 15 is 0 Å². The molecule has 0 aromatic heterocycles. The van der Waals surface area contributed by atoms with Gasteiger partial charge in [-0.1, -0.05) is 25.5 Å². The summed E-state index contributed by atoms with van der Waals surface area (Å²) in [5.41, 5.74) is 0.977. The predicted octanol–water partition coefficient (Wildman–Crippen LogP) is 3.04. The molecule has 4 nitrogen and oxygen atoms in total. The average molecular weight is 288 g/mol. The Morgan fingerprint density at radius 1 is 1.38 bits per heavy atom. The van der Waals surface area contributed by atoms with Crippen molar-refractivity contribution in [3.63, 3.8) is 0 Å². The van der Waals surface area contributed by atoms with Gasteiger partial charge in [-0.05, 0) is 37.8 Å². The van der Waals surface area contributed by atoms with Crippen LogP contribution in [0.15, 0.2) is 24.3 Å². The molecule has 2 heterocycles. The van der Waals surface area contributed by atoms with Gasteiger partial charge in [0.05, 0.1) is 12.2 Å². The summed E-state index contributed by atoms with van der Waals surface area (Å²) in [6.07, 6.45) is 5.32. The number of fused-ring (bicyclic) bond motifs is 1. The lowest BCUT2D eigenvalue weighted by atomic mass is 9.97. The molecule has 21 heavy (non-hydrogen) atoms. The van der Waals surface area contributed by atoms with Gasteiger partial charge in [-0.2, -0.15) is 0 Å². The van der Waals surface area contributed by atoms with Crippen LogP contribution in [0, 0.1) is 0 Å². The molecule has 1 N–H and O–H groups in total. The largest absolute Gasteiger partial charge is 0.477 e. The number of carbonyl (C=O) groups excluding carboxylic acids is 1. The third-order valence-corrected chi connectivity index (χ3v) is 4.44. The molecule has 0 bridgehead atoms. The highest BCUT2D eigenvalue weighted by molar-refractivity contribution is 5.83. The van der Waals surface area contributed by atoms with Crippen molar-refractivity contribution in [3.8, 4) is 5.75 Å². The second-order valence-corrected chi connectivity index (χ2v) is 5.95. The van der Waals surface area contributed by atoms with Crippen molar-refractivity contribution in [1.29, 1.82) is 0 Å². The van der Waals surface area contributed by atoms with Crippen molar-refractivity contribution in [2.45, 2.75) is 51.2 Å². The molecule has 0 saturated carbocycles. The van der Waals surface area contributed by atoms with E-state index in [1.54, 1.807) is 0 Å². The Labute approximate surface area is 126 Å². The molecule has 0 aliphatic carbocycles. The second kappa shape index (κ2) is 6.37. The standard InChI is InChI=1S/C17H24N2O2/c1-2-7-13-8-5-6-11-19(13)17(20)16-12-18-14-9-3-4-10-15(14)21-16/h3-4,9-10,13,16,18H,2,5-8,11-12H2,1H3. The number of likely N-dealkylation sites (tertiary alicyclic amines) is 1. The lowest BCUT2D eigenvalue weighted by Gasteiger charge is -2.39. The number of piperidine rings is 1. The van der Waals surface area contributed by atoms with Crippen LogP contribution in [0.25, 0.3) is 0 Å². The van der Waals surface area contributed by atoms with Crippen molar-refractivity contribution in [1.82, 2.24) is 4.90 Å². The first-order valence-corrected chi connectivity index (χ1v) is 8.09. The summed E-state index contributed by atoms with van der Waals surface area (Å²) in [7, 11) is 0. The van der Waals surface area contributed by atoms with Crippen LogP contribution in [0.1, 0.15) is 39.0 Å². The maximum absolute atomic E-state index is 12.8. The Morgan fingerprint density at radius 3 is 3.10 bits per heavy atom. The fourth-order valence-corrected chi connectivity index (χ4v) is 3.36. The highest BCUT2D eigenvalue weighted by atomic mass is 16.5. The van der Waals surface area contributed by atoms with Crippen molar-refractivity contribution in [3.05, 3.63) is 24.3 Å². The molecular weight excluding hydrogens is 264 g/mol. The van der Waals surface area contributed by atoms with Crippen LogP contribution in [0.3, 0.4) is 0 Å². The van der Waals surface area contributed by atoms with Crippen molar-refractivity contribution in [2.24, 2.45) is 0 Å². The highest BCUT2D eigenvalue weighted by Gasteiger charge is 2.34. The van der Waals surface area contributed by atoms with E-state index in [4.69, 9.17) is 4.74 Å². The quantitative estimate of drug-likeness (QED) is 0.929. The van der Waals surface area contributed by atoms with Crippen LogP contribution >= 0.6 is 0 Å². The molecule has 0 radical (unpaired) electrons. The van der Waals surface area contributed by atoms with E-state index < -0.39 is 6.10 Å². The molecule has 0 spiro atoms. The number of benzene rings is 1. The number of amides is 1. The SMILES string of the molecule is CCCC1CCCCN1C(=O)C1CNc2ccccc2O1. The molecule has 3 rings (SSSR count). The minimum atomic E-state index is -0.391. The second-order valence-electron chi connectivity index (χ2n) is 5.95. The number of nitrogens with one attached hydrogen (secondary N) is 1. The zero-order valence-electron chi connectivity index (χ0n) is 12.7. The molecule has 4 heteroatoms. The summed E-state index contributed by atoms with van der Waals surface area (Å²) in [4.78, 5) is 14.9. The van der Waals surface area contributed by atoms with Gasteiger partial charge >= 0.3 is 0 Å². The Morgan fingerprint density at radius 2 is 2.24 bits per heavy atom. The van der Waals surface area contributed by atoms with Crippen molar-refractivity contribution >= 4 is 11.6 Å². The lowest BCUT2D eigenvalue weighted by Crippen LogP contribution is -2.52. The molecule has 1 aromatic carbocycles. The van der Waals surface area contributed by atoms with E-state index in [0.29, 0.717) is 12.6 Å². The summed E-state index contributed by atoms with van der Waals surface area (Å²) < 4.78 is 5.92. The molecule has 2 aliphatic heterocycles. The first kappa shape index (κ1) is 14.2. The van der Waals surface area contributed by atoms with Gasteiger partial charge < -0.3 is 15.0 Å². The Kier molecular flexibility index (Phi) is 4.32. The number of ether oxygens (including phenoxy) is 1. The highest BCUT2D eigenvalue weighted by Crippen LogP contribution is 2.30. The summed E-state index contributed by atoms with van der Waals surface area (Å²) in [5, 5.41) is 3.31. The van der Waals surface area contributed by atoms with Crippen molar-refractivity contribution in [2.75, 3.05) is 18.4 Å². The molecule has 1 saturated heterocycles. The normalized spacial score (nSPS) is 24.7. The molecule has 1 aromatic rings. The fraction of sp³-hybridized carbons (Fsp3) is 0.588. The monoisotopic (exact) mass is 288 g/mol. The van der Waals surface area contributed by atoms with Gasteiger partial charge in [0, 0.05) is 12.6 Å². The zero-order valence-corrected chi connectivity index (χ0v) is 12.7. The molecule has 114 valence electrons. The minimum Gasteiger partial charge on any atom is -0.477 e. The summed E-state index contributed by atoms with van der Waals surface area (Å²) in [6.45, 7) is 3.63. The summed E-state index contributed by atoms with van der Waals surface area (Å²) >= 11 is 0. The molecule has 2 aliphatic rings. The van der Waals surface area contributed by atoms with E-state index in [0.717, 1.165) is 43.7 Å². The maximum Gasteiger partial charge on any atom is 0.265 e. The number of para-hydroxylation sites is 2.